The molecule has 0 radical (unpaired) electrons. The van der Waals surface area contributed by atoms with Crippen LogP contribution in [0.15, 0.2) is 35.7 Å². The van der Waals surface area contributed by atoms with Crippen LogP contribution in [-0.4, -0.2) is 47.0 Å². The number of hydrogen-bond acceptors (Lipinski definition) is 4. The Balaban J connectivity index is 1.33. The van der Waals surface area contributed by atoms with E-state index in [-0.39, 0.29) is 5.91 Å². The summed E-state index contributed by atoms with van der Waals surface area (Å²) in [6.07, 6.45) is 1.13. The molecule has 0 unspecified atom stereocenters. The average molecular weight is 391 g/mol. The van der Waals surface area contributed by atoms with E-state index in [4.69, 9.17) is 16.3 Å². The van der Waals surface area contributed by atoms with Gasteiger partial charge in [0.1, 0.15) is 5.75 Å². The summed E-state index contributed by atoms with van der Waals surface area (Å²) in [5.74, 6) is 0.697. The van der Waals surface area contributed by atoms with Gasteiger partial charge in [-0.1, -0.05) is 11.6 Å². The highest BCUT2D eigenvalue weighted by atomic mass is 35.5. The first-order chi connectivity index (χ1) is 12.4. The second-order valence-electron chi connectivity index (χ2n) is 7.52. The zero-order valence-electron chi connectivity index (χ0n) is 15.1. The Morgan fingerprint density at radius 3 is 2.69 bits per heavy atom. The van der Waals surface area contributed by atoms with Gasteiger partial charge < -0.3 is 9.64 Å². The number of benzene rings is 1. The van der Waals surface area contributed by atoms with E-state index in [0.29, 0.717) is 16.8 Å². The molecule has 1 saturated heterocycles. The maximum atomic E-state index is 12.9. The number of halogens is 1. The predicted molar refractivity (Wildman–Crippen MR) is 105 cm³/mol. The third kappa shape index (κ3) is 3.48. The van der Waals surface area contributed by atoms with Gasteiger partial charge in [-0.05, 0) is 61.5 Å². The molecule has 0 N–H and O–H groups in total. The third-order valence-corrected chi connectivity index (χ3v) is 6.48. The van der Waals surface area contributed by atoms with Crippen molar-refractivity contribution in [1.29, 1.82) is 0 Å². The first-order valence-electron chi connectivity index (χ1n) is 8.95. The molecule has 6 heteroatoms. The Morgan fingerprint density at radius 2 is 1.96 bits per heavy atom. The van der Waals surface area contributed by atoms with Gasteiger partial charge in [-0.2, -0.15) is 0 Å². The van der Waals surface area contributed by atoms with E-state index in [0.717, 1.165) is 32.6 Å². The number of nitrogens with zero attached hydrogens (tertiary/aromatic N) is 2. The Hall–Kier alpha value is -1.56. The van der Waals surface area contributed by atoms with Crippen molar-refractivity contribution in [3.8, 4) is 5.75 Å². The van der Waals surface area contributed by atoms with Gasteiger partial charge in [0, 0.05) is 42.1 Å². The molecule has 0 aliphatic carbocycles. The van der Waals surface area contributed by atoms with E-state index in [1.165, 1.54) is 10.4 Å². The molecule has 2 aromatic rings. The van der Waals surface area contributed by atoms with Crippen LogP contribution in [0.2, 0.25) is 5.02 Å². The lowest BCUT2D eigenvalue weighted by atomic mass is 9.98. The summed E-state index contributed by atoms with van der Waals surface area (Å²) in [6.45, 7) is 7.32. The van der Waals surface area contributed by atoms with E-state index < -0.39 is 5.60 Å². The Morgan fingerprint density at radius 1 is 1.23 bits per heavy atom. The Labute approximate surface area is 163 Å². The van der Waals surface area contributed by atoms with Crippen LogP contribution < -0.4 is 4.74 Å². The predicted octanol–water partition coefficient (Wildman–Crippen LogP) is 3.83. The summed E-state index contributed by atoms with van der Waals surface area (Å²) >= 11 is 7.77. The van der Waals surface area contributed by atoms with E-state index in [9.17, 15) is 4.79 Å². The molecular formula is C20H23ClN2O2S. The van der Waals surface area contributed by atoms with Crippen molar-refractivity contribution in [3.63, 3.8) is 0 Å². The molecule has 138 valence electrons. The molecule has 0 bridgehead atoms. The topological polar surface area (TPSA) is 32.8 Å². The number of hydrogen-bond donors (Lipinski definition) is 0. The molecule has 26 heavy (non-hydrogen) atoms. The largest absolute Gasteiger partial charge is 0.478 e. The van der Waals surface area contributed by atoms with Crippen molar-refractivity contribution in [2.24, 2.45) is 0 Å². The molecular weight excluding hydrogens is 368 g/mol. The molecule has 3 heterocycles. The third-order valence-electron chi connectivity index (χ3n) is 5.20. The van der Waals surface area contributed by atoms with Gasteiger partial charge in [-0.15, -0.1) is 11.3 Å². The van der Waals surface area contributed by atoms with Crippen LogP contribution in [0.4, 0.5) is 0 Å². The van der Waals surface area contributed by atoms with Crippen molar-refractivity contribution >= 4 is 28.8 Å². The molecule has 0 spiro atoms. The molecule has 4 nitrogen and oxygen atoms in total. The lowest BCUT2D eigenvalue weighted by Crippen LogP contribution is -2.65. The van der Waals surface area contributed by atoms with Gasteiger partial charge in [0.25, 0.3) is 5.91 Å². The fraction of sp³-hybridized carbons (Fsp3) is 0.450. The summed E-state index contributed by atoms with van der Waals surface area (Å²) < 4.78 is 5.93. The number of fused-ring (bicyclic) bond motifs is 1. The molecule has 0 saturated carbocycles. The number of carbonyl (C=O) groups excluding carboxylic acids is 1. The fourth-order valence-electron chi connectivity index (χ4n) is 3.66. The summed E-state index contributed by atoms with van der Waals surface area (Å²) in [6, 6.07) is 9.82. The van der Waals surface area contributed by atoms with Crippen LogP contribution >= 0.6 is 22.9 Å². The number of likely N-dealkylation sites (tertiary alicyclic amines) is 1. The standard InChI is InChI=1S/C20H23ClN2O2S/c1-20(2,25-17-5-3-15(21)4-6-17)19(24)23-12-16(13-23)22-9-7-18-14(11-22)8-10-26-18/h3-6,8,10,16H,7,9,11-13H2,1-2H3. The van der Waals surface area contributed by atoms with Gasteiger partial charge in [0.05, 0.1) is 0 Å². The van der Waals surface area contributed by atoms with E-state index in [2.05, 4.69) is 16.3 Å². The zero-order valence-corrected chi connectivity index (χ0v) is 16.6. The quantitative estimate of drug-likeness (QED) is 0.795. The normalized spacial score (nSPS) is 18.3. The number of thiophene rings is 1. The minimum Gasteiger partial charge on any atom is -0.478 e. The first-order valence-corrected chi connectivity index (χ1v) is 10.2. The highest BCUT2D eigenvalue weighted by Crippen LogP contribution is 2.29. The maximum Gasteiger partial charge on any atom is 0.266 e. The van der Waals surface area contributed by atoms with E-state index in [1.54, 1.807) is 24.3 Å². The van der Waals surface area contributed by atoms with Gasteiger partial charge in [0.2, 0.25) is 0 Å². The van der Waals surface area contributed by atoms with Crippen LogP contribution in [0.25, 0.3) is 0 Å². The molecule has 1 amide bonds. The molecule has 1 aromatic carbocycles. The molecule has 1 aromatic heterocycles. The zero-order chi connectivity index (χ0) is 18.3. The lowest BCUT2D eigenvalue weighted by molar-refractivity contribution is -0.153. The van der Waals surface area contributed by atoms with Crippen molar-refractivity contribution in [2.75, 3.05) is 19.6 Å². The van der Waals surface area contributed by atoms with Gasteiger partial charge >= 0.3 is 0 Å². The van der Waals surface area contributed by atoms with Crippen LogP contribution in [-0.2, 0) is 17.8 Å². The smallest absolute Gasteiger partial charge is 0.266 e. The van der Waals surface area contributed by atoms with Crippen molar-refractivity contribution < 1.29 is 9.53 Å². The Kier molecular flexibility index (Phi) is 4.71. The molecule has 1 fully saturated rings. The van der Waals surface area contributed by atoms with Crippen LogP contribution in [0, 0.1) is 0 Å². The second kappa shape index (κ2) is 6.87. The summed E-state index contributed by atoms with van der Waals surface area (Å²) in [4.78, 5) is 18.8. The maximum absolute atomic E-state index is 12.9. The van der Waals surface area contributed by atoms with Crippen LogP contribution in [0.3, 0.4) is 0 Å². The van der Waals surface area contributed by atoms with E-state index >= 15 is 0 Å². The van der Waals surface area contributed by atoms with E-state index in [1.807, 2.05) is 30.1 Å². The number of amides is 1. The average Bonchev–Trinajstić information content (AvgIpc) is 3.03. The highest BCUT2D eigenvalue weighted by Gasteiger charge is 2.42. The molecule has 0 atom stereocenters. The van der Waals surface area contributed by atoms with Crippen molar-refractivity contribution in [1.82, 2.24) is 9.80 Å². The number of rotatable bonds is 4. The summed E-state index contributed by atoms with van der Waals surface area (Å²) in [7, 11) is 0. The van der Waals surface area contributed by atoms with Crippen molar-refractivity contribution in [2.45, 2.75) is 38.5 Å². The molecule has 4 rings (SSSR count). The fourth-order valence-corrected chi connectivity index (χ4v) is 4.67. The lowest BCUT2D eigenvalue weighted by Gasteiger charge is -2.48. The summed E-state index contributed by atoms with van der Waals surface area (Å²) in [5.41, 5.74) is 0.568. The SMILES string of the molecule is CC(C)(Oc1ccc(Cl)cc1)C(=O)N1CC(N2CCc3sccc3C2)C1. The summed E-state index contributed by atoms with van der Waals surface area (Å²) in [5, 5.41) is 2.84. The van der Waals surface area contributed by atoms with Gasteiger partial charge in [-0.3, -0.25) is 9.69 Å². The Bertz CT molecular complexity index is 796. The monoisotopic (exact) mass is 390 g/mol. The highest BCUT2D eigenvalue weighted by molar-refractivity contribution is 7.10. The minimum absolute atomic E-state index is 0.0388. The van der Waals surface area contributed by atoms with Gasteiger partial charge in [-0.25, -0.2) is 0 Å². The second-order valence-corrected chi connectivity index (χ2v) is 8.96. The minimum atomic E-state index is -0.888. The number of carbonyl (C=O) groups is 1. The molecule has 2 aliphatic rings. The van der Waals surface area contributed by atoms with Crippen LogP contribution in [0.1, 0.15) is 24.3 Å². The van der Waals surface area contributed by atoms with Crippen molar-refractivity contribution in [3.05, 3.63) is 51.2 Å². The van der Waals surface area contributed by atoms with Crippen LogP contribution in [0.5, 0.6) is 5.75 Å². The first kappa shape index (κ1) is 17.8. The molecule has 2 aliphatic heterocycles. The number of ether oxygens (including phenoxy) is 1. The van der Waals surface area contributed by atoms with Gasteiger partial charge in [0.15, 0.2) is 5.60 Å².